The first-order valence-corrected chi connectivity index (χ1v) is 7.79. The van der Waals surface area contributed by atoms with E-state index in [0.29, 0.717) is 11.3 Å². The van der Waals surface area contributed by atoms with E-state index in [9.17, 15) is 8.42 Å². The van der Waals surface area contributed by atoms with Crippen LogP contribution in [0.3, 0.4) is 0 Å². The molecule has 2 heterocycles. The molecule has 1 aromatic carbocycles. The topological polar surface area (TPSA) is 64.0 Å². The summed E-state index contributed by atoms with van der Waals surface area (Å²) < 4.78 is 25.8. The van der Waals surface area contributed by atoms with Gasteiger partial charge in [0.05, 0.1) is 16.7 Å². The van der Waals surface area contributed by atoms with Crippen molar-refractivity contribution < 1.29 is 8.42 Å². The van der Waals surface area contributed by atoms with E-state index in [1.54, 1.807) is 16.8 Å². The number of benzene rings is 1. The zero-order chi connectivity index (χ0) is 13.5. The van der Waals surface area contributed by atoms with Crippen molar-refractivity contribution >= 4 is 15.7 Å². The molecule has 1 unspecified atom stereocenters. The van der Waals surface area contributed by atoms with Gasteiger partial charge in [0.15, 0.2) is 9.84 Å². The van der Waals surface area contributed by atoms with Gasteiger partial charge in [0.2, 0.25) is 0 Å². The Kier molecular flexibility index (Phi) is 2.82. The molecule has 19 heavy (non-hydrogen) atoms. The molecule has 1 aliphatic rings. The largest absolute Gasteiger partial charge is 0.362 e. The number of hydrogen-bond donors (Lipinski definition) is 1. The summed E-state index contributed by atoms with van der Waals surface area (Å²) >= 11 is 0. The maximum atomic E-state index is 12.0. The van der Waals surface area contributed by atoms with E-state index in [1.165, 1.54) is 0 Å². The van der Waals surface area contributed by atoms with E-state index < -0.39 is 9.84 Å². The quantitative estimate of drug-likeness (QED) is 0.908. The maximum absolute atomic E-state index is 12.0. The van der Waals surface area contributed by atoms with Crippen molar-refractivity contribution in [3.8, 4) is 0 Å². The van der Waals surface area contributed by atoms with Crippen LogP contribution in [0, 0.1) is 0 Å². The average molecular weight is 277 g/mol. The van der Waals surface area contributed by atoms with E-state index in [0.717, 1.165) is 11.4 Å². The molecule has 0 aliphatic carbocycles. The van der Waals surface area contributed by atoms with Gasteiger partial charge in [-0.15, -0.1) is 0 Å². The van der Waals surface area contributed by atoms with Crippen molar-refractivity contribution in [1.29, 1.82) is 0 Å². The van der Waals surface area contributed by atoms with Gasteiger partial charge < -0.3 is 5.32 Å². The van der Waals surface area contributed by atoms with Crippen LogP contribution in [0.25, 0.3) is 0 Å². The lowest BCUT2D eigenvalue weighted by atomic mass is 10.0. The van der Waals surface area contributed by atoms with Crippen LogP contribution in [-0.2, 0) is 16.9 Å². The molecule has 5 nitrogen and oxygen atoms in total. The van der Waals surface area contributed by atoms with Gasteiger partial charge in [-0.1, -0.05) is 18.2 Å². The van der Waals surface area contributed by atoms with Gasteiger partial charge in [-0.2, -0.15) is 5.10 Å². The van der Waals surface area contributed by atoms with Gasteiger partial charge in [0.1, 0.15) is 5.82 Å². The Labute approximate surface area is 112 Å². The number of aryl methyl sites for hydroxylation is 1. The number of aromatic nitrogens is 2. The Hall–Kier alpha value is -1.82. The minimum atomic E-state index is -3.13. The van der Waals surface area contributed by atoms with Crippen molar-refractivity contribution in [1.82, 2.24) is 9.78 Å². The van der Waals surface area contributed by atoms with Gasteiger partial charge in [0, 0.05) is 19.3 Å². The van der Waals surface area contributed by atoms with E-state index in [-0.39, 0.29) is 11.8 Å². The number of anilines is 1. The SMILES string of the molecule is Cn1ccc(NC2CCS(=O)(=O)c3ccccc32)n1. The summed E-state index contributed by atoms with van der Waals surface area (Å²) in [6.07, 6.45) is 2.42. The van der Waals surface area contributed by atoms with Crippen LogP contribution in [0.2, 0.25) is 0 Å². The first kappa shape index (κ1) is 12.2. The third-order valence-electron chi connectivity index (χ3n) is 3.34. The number of fused-ring (bicyclic) bond motifs is 1. The van der Waals surface area contributed by atoms with E-state index in [4.69, 9.17) is 0 Å². The minimum Gasteiger partial charge on any atom is -0.362 e. The van der Waals surface area contributed by atoms with Gasteiger partial charge in [-0.25, -0.2) is 8.42 Å². The summed E-state index contributed by atoms with van der Waals surface area (Å²) in [4.78, 5) is 0.440. The fourth-order valence-electron chi connectivity index (χ4n) is 2.41. The molecule has 0 bridgehead atoms. The van der Waals surface area contributed by atoms with Crippen LogP contribution < -0.4 is 5.32 Å². The molecular formula is C13H15N3O2S. The van der Waals surface area contributed by atoms with Crippen LogP contribution in [0.5, 0.6) is 0 Å². The lowest BCUT2D eigenvalue weighted by molar-refractivity contribution is 0.575. The normalized spacial score (nSPS) is 20.8. The molecule has 100 valence electrons. The van der Waals surface area contributed by atoms with Crippen molar-refractivity contribution in [3.63, 3.8) is 0 Å². The van der Waals surface area contributed by atoms with Gasteiger partial charge in [-0.3, -0.25) is 4.68 Å². The van der Waals surface area contributed by atoms with Crippen LogP contribution in [0.15, 0.2) is 41.4 Å². The van der Waals surface area contributed by atoms with Crippen LogP contribution in [0.4, 0.5) is 5.82 Å². The Morgan fingerprint density at radius 2 is 2.11 bits per heavy atom. The molecule has 1 N–H and O–H groups in total. The molecule has 6 heteroatoms. The summed E-state index contributed by atoms with van der Waals surface area (Å²) in [6.45, 7) is 0. The molecule has 0 saturated heterocycles. The molecule has 0 spiro atoms. The molecule has 0 saturated carbocycles. The molecular weight excluding hydrogens is 262 g/mol. The highest BCUT2D eigenvalue weighted by atomic mass is 32.2. The predicted octanol–water partition coefficient (Wildman–Crippen LogP) is 1.75. The Bertz CT molecular complexity index is 706. The summed E-state index contributed by atoms with van der Waals surface area (Å²) in [5.41, 5.74) is 0.833. The Morgan fingerprint density at radius 1 is 1.32 bits per heavy atom. The van der Waals surface area contributed by atoms with Gasteiger partial charge >= 0.3 is 0 Å². The minimum absolute atomic E-state index is 0.00498. The van der Waals surface area contributed by atoms with Crippen LogP contribution >= 0.6 is 0 Å². The number of nitrogens with one attached hydrogen (secondary N) is 1. The summed E-state index contributed by atoms with van der Waals surface area (Å²) in [5, 5.41) is 7.57. The summed E-state index contributed by atoms with van der Waals surface area (Å²) in [5.74, 6) is 0.940. The lowest BCUT2D eigenvalue weighted by Crippen LogP contribution is -2.24. The molecule has 3 rings (SSSR count). The van der Waals surface area contributed by atoms with Gasteiger partial charge in [0.25, 0.3) is 0 Å². The number of sulfone groups is 1. The number of nitrogens with zero attached hydrogens (tertiary/aromatic N) is 2. The van der Waals surface area contributed by atoms with Crippen LogP contribution in [0.1, 0.15) is 18.0 Å². The molecule has 1 atom stereocenters. The standard InChI is InChI=1S/C13H15N3O2S/c1-16-8-6-13(15-16)14-11-7-9-19(17,18)12-5-3-2-4-10(11)12/h2-6,8,11H,7,9H2,1H3,(H,14,15). The molecule has 0 radical (unpaired) electrons. The van der Waals surface area contributed by atoms with Crippen molar-refractivity contribution in [2.75, 3.05) is 11.1 Å². The number of rotatable bonds is 2. The summed E-state index contributed by atoms with van der Waals surface area (Å²) in [6, 6.07) is 9.05. The second-order valence-electron chi connectivity index (χ2n) is 4.72. The van der Waals surface area contributed by atoms with Crippen molar-refractivity contribution in [2.24, 2.45) is 7.05 Å². The second kappa shape index (κ2) is 4.38. The summed E-state index contributed by atoms with van der Waals surface area (Å²) in [7, 11) is -1.28. The fourth-order valence-corrected chi connectivity index (χ4v) is 4.03. The first-order chi connectivity index (χ1) is 9.06. The zero-order valence-electron chi connectivity index (χ0n) is 10.6. The Morgan fingerprint density at radius 3 is 2.84 bits per heavy atom. The van der Waals surface area contributed by atoms with Crippen LogP contribution in [-0.4, -0.2) is 24.0 Å². The van der Waals surface area contributed by atoms with Gasteiger partial charge in [-0.05, 0) is 18.1 Å². The van der Waals surface area contributed by atoms with E-state index >= 15 is 0 Å². The molecule has 1 aromatic heterocycles. The predicted molar refractivity (Wildman–Crippen MR) is 72.7 cm³/mol. The van der Waals surface area contributed by atoms with E-state index in [1.807, 2.05) is 31.4 Å². The first-order valence-electron chi connectivity index (χ1n) is 6.14. The number of hydrogen-bond acceptors (Lipinski definition) is 4. The van der Waals surface area contributed by atoms with E-state index in [2.05, 4.69) is 10.4 Å². The average Bonchev–Trinajstić information content (AvgIpc) is 2.79. The fraction of sp³-hybridized carbons (Fsp3) is 0.308. The lowest BCUT2D eigenvalue weighted by Gasteiger charge is -2.26. The zero-order valence-corrected chi connectivity index (χ0v) is 11.4. The smallest absolute Gasteiger partial charge is 0.178 e. The molecule has 1 aliphatic heterocycles. The highest BCUT2D eigenvalue weighted by Gasteiger charge is 2.29. The van der Waals surface area contributed by atoms with Crippen molar-refractivity contribution in [3.05, 3.63) is 42.1 Å². The monoisotopic (exact) mass is 277 g/mol. The second-order valence-corrected chi connectivity index (χ2v) is 6.79. The highest BCUT2D eigenvalue weighted by Crippen LogP contribution is 2.33. The molecule has 0 fully saturated rings. The molecule has 2 aromatic rings. The third kappa shape index (κ3) is 2.23. The maximum Gasteiger partial charge on any atom is 0.178 e. The molecule has 0 amide bonds. The van der Waals surface area contributed by atoms with Crippen molar-refractivity contribution in [2.45, 2.75) is 17.4 Å². The highest BCUT2D eigenvalue weighted by molar-refractivity contribution is 7.91. The third-order valence-corrected chi connectivity index (χ3v) is 5.16. The Balaban J connectivity index is 1.97.